The average molecular weight is 469 g/mol. The van der Waals surface area contributed by atoms with Crippen LogP contribution in [-0.4, -0.2) is 17.7 Å². The van der Waals surface area contributed by atoms with Crippen LogP contribution < -0.4 is 10.1 Å². The van der Waals surface area contributed by atoms with Gasteiger partial charge < -0.3 is 14.5 Å². The van der Waals surface area contributed by atoms with Crippen molar-refractivity contribution in [2.75, 3.05) is 6.61 Å². The topological polar surface area (TPSA) is 63.8 Å². The van der Waals surface area contributed by atoms with Gasteiger partial charge in [0, 0.05) is 16.1 Å². The minimum absolute atomic E-state index is 0.193. The van der Waals surface area contributed by atoms with Crippen molar-refractivity contribution in [2.24, 2.45) is 4.99 Å². The summed E-state index contributed by atoms with van der Waals surface area (Å²) in [5, 5.41) is 3.32. The summed E-state index contributed by atoms with van der Waals surface area (Å²) in [7, 11) is 0. The Hall–Kier alpha value is -2.77. The molecule has 1 saturated heterocycles. The number of furan rings is 1. The molecule has 0 spiro atoms. The van der Waals surface area contributed by atoms with E-state index in [0.29, 0.717) is 22.4 Å². The van der Waals surface area contributed by atoms with Gasteiger partial charge in [0.25, 0.3) is 5.91 Å². The molecule has 1 aromatic heterocycles. The molecular weight excluding hydrogens is 452 g/mol. The SMILES string of the molecule is CCOc1ccc(N=C2NC(=O)/C(=C\c3ccc(-c4ccc(Br)cc4)o3)S2)cc1. The van der Waals surface area contributed by atoms with Gasteiger partial charge in [-0.05, 0) is 67.2 Å². The van der Waals surface area contributed by atoms with E-state index < -0.39 is 0 Å². The largest absolute Gasteiger partial charge is 0.494 e. The van der Waals surface area contributed by atoms with E-state index in [2.05, 4.69) is 26.2 Å². The van der Waals surface area contributed by atoms with Gasteiger partial charge in [-0.15, -0.1) is 0 Å². The van der Waals surface area contributed by atoms with Crippen molar-refractivity contribution in [3.05, 3.63) is 75.8 Å². The summed E-state index contributed by atoms with van der Waals surface area (Å²) < 4.78 is 12.3. The van der Waals surface area contributed by atoms with Gasteiger partial charge in [-0.1, -0.05) is 28.1 Å². The second-order valence-corrected chi connectivity index (χ2v) is 8.06. The summed E-state index contributed by atoms with van der Waals surface area (Å²) in [6, 6.07) is 19.0. The first-order valence-corrected chi connectivity index (χ1v) is 10.6. The Bertz CT molecular complexity index is 1090. The number of hydrogen-bond acceptors (Lipinski definition) is 5. The first-order chi connectivity index (χ1) is 14.1. The van der Waals surface area contributed by atoms with Crippen molar-refractivity contribution < 1.29 is 13.9 Å². The normalized spacial score (nSPS) is 16.4. The number of rotatable bonds is 5. The second kappa shape index (κ2) is 8.71. The fourth-order valence-corrected chi connectivity index (χ4v) is 3.80. The predicted octanol–water partition coefficient (Wildman–Crippen LogP) is 6.00. The number of amidine groups is 1. The van der Waals surface area contributed by atoms with Gasteiger partial charge in [0.1, 0.15) is 17.3 Å². The summed E-state index contributed by atoms with van der Waals surface area (Å²) in [5.74, 6) is 1.96. The Morgan fingerprint density at radius 1 is 1.10 bits per heavy atom. The number of aliphatic imine (C=N–C) groups is 1. The van der Waals surface area contributed by atoms with Crippen molar-refractivity contribution >= 4 is 50.5 Å². The maximum Gasteiger partial charge on any atom is 0.264 e. The van der Waals surface area contributed by atoms with Gasteiger partial charge in [0.15, 0.2) is 5.17 Å². The smallest absolute Gasteiger partial charge is 0.264 e. The van der Waals surface area contributed by atoms with Crippen molar-refractivity contribution in [1.82, 2.24) is 5.32 Å². The molecule has 146 valence electrons. The highest BCUT2D eigenvalue weighted by atomic mass is 79.9. The van der Waals surface area contributed by atoms with Crippen molar-refractivity contribution in [3.63, 3.8) is 0 Å². The van der Waals surface area contributed by atoms with Gasteiger partial charge in [-0.2, -0.15) is 0 Å². The first kappa shape index (κ1) is 19.5. The molecule has 0 unspecified atom stereocenters. The number of hydrogen-bond donors (Lipinski definition) is 1. The number of amides is 1. The van der Waals surface area contributed by atoms with Crippen molar-refractivity contribution in [2.45, 2.75) is 6.92 Å². The van der Waals surface area contributed by atoms with Crippen LogP contribution in [0.15, 0.2) is 79.5 Å². The molecule has 1 fully saturated rings. The second-order valence-electron chi connectivity index (χ2n) is 6.12. The molecule has 1 amide bonds. The van der Waals surface area contributed by atoms with E-state index in [4.69, 9.17) is 9.15 Å². The van der Waals surface area contributed by atoms with E-state index in [9.17, 15) is 4.79 Å². The quantitative estimate of drug-likeness (QED) is 0.466. The molecular formula is C22H17BrN2O3S. The monoisotopic (exact) mass is 468 g/mol. The summed E-state index contributed by atoms with van der Waals surface area (Å²) >= 11 is 4.71. The van der Waals surface area contributed by atoms with Crippen LogP contribution in [0.5, 0.6) is 5.75 Å². The molecule has 5 nitrogen and oxygen atoms in total. The highest BCUT2D eigenvalue weighted by molar-refractivity contribution is 9.10. The predicted molar refractivity (Wildman–Crippen MR) is 120 cm³/mol. The molecule has 4 rings (SSSR count). The summed E-state index contributed by atoms with van der Waals surface area (Å²) in [5.41, 5.74) is 1.71. The highest BCUT2D eigenvalue weighted by Crippen LogP contribution is 2.30. The molecule has 29 heavy (non-hydrogen) atoms. The summed E-state index contributed by atoms with van der Waals surface area (Å²) in [6.45, 7) is 2.55. The van der Waals surface area contributed by atoms with Gasteiger partial charge >= 0.3 is 0 Å². The third-order valence-electron chi connectivity index (χ3n) is 4.06. The number of carbonyl (C=O) groups is 1. The van der Waals surface area contributed by atoms with Crippen molar-refractivity contribution in [3.8, 4) is 17.1 Å². The molecule has 1 aliphatic heterocycles. The molecule has 0 radical (unpaired) electrons. The maximum absolute atomic E-state index is 12.3. The van der Waals surface area contributed by atoms with Crippen LogP contribution >= 0.6 is 27.7 Å². The Balaban J connectivity index is 1.49. The van der Waals surface area contributed by atoms with E-state index >= 15 is 0 Å². The van der Waals surface area contributed by atoms with E-state index in [1.165, 1.54) is 11.8 Å². The average Bonchev–Trinajstić information content (AvgIpc) is 3.31. The molecule has 0 saturated carbocycles. The zero-order valence-electron chi connectivity index (χ0n) is 15.5. The molecule has 0 bridgehead atoms. The van der Waals surface area contributed by atoms with Gasteiger partial charge in [0.2, 0.25) is 0 Å². The summed E-state index contributed by atoms with van der Waals surface area (Å²) in [6.07, 6.45) is 1.73. The zero-order chi connectivity index (χ0) is 20.2. The fraction of sp³-hybridized carbons (Fsp3) is 0.0909. The van der Waals surface area contributed by atoms with Gasteiger partial charge in [-0.3, -0.25) is 4.79 Å². The third-order valence-corrected chi connectivity index (χ3v) is 5.50. The van der Waals surface area contributed by atoms with Crippen LogP contribution in [0, 0.1) is 0 Å². The van der Waals surface area contributed by atoms with Crippen LogP contribution in [-0.2, 0) is 4.79 Å². The Morgan fingerprint density at radius 2 is 1.86 bits per heavy atom. The van der Waals surface area contributed by atoms with Gasteiger partial charge in [-0.25, -0.2) is 4.99 Å². The maximum atomic E-state index is 12.3. The number of nitrogens with one attached hydrogen (secondary N) is 1. The standard InChI is InChI=1S/C22H17BrN2O3S/c1-2-27-17-9-7-16(8-10-17)24-22-25-21(26)20(29-22)13-18-11-12-19(28-18)14-3-5-15(23)6-4-14/h3-13H,2H2,1H3,(H,24,25,26)/b20-13+. The Kier molecular flexibility index (Phi) is 5.87. The highest BCUT2D eigenvalue weighted by Gasteiger charge is 2.24. The lowest BCUT2D eigenvalue weighted by Crippen LogP contribution is -2.19. The molecule has 0 aliphatic carbocycles. The van der Waals surface area contributed by atoms with Crippen LogP contribution in [0.1, 0.15) is 12.7 Å². The number of benzene rings is 2. The van der Waals surface area contributed by atoms with Crippen LogP contribution in [0.3, 0.4) is 0 Å². The lowest BCUT2D eigenvalue weighted by atomic mass is 10.2. The summed E-state index contributed by atoms with van der Waals surface area (Å²) in [4.78, 5) is 17.3. The number of carbonyl (C=O) groups excluding carboxylic acids is 1. The van der Waals surface area contributed by atoms with E-state index in [0.717, 1.165) is 27.2 Å². The lowest BCUT2D eigenvalue weighted by molar-refractivity contribution is -0.115. The molecule has 7 heteroatoms. The third kappa shape index (κ3) is 4.81. The molecule has 1 aliphatic rings. The molecule has 3 aromatic rings. The molecule has 0 atom stereocenters. The number of halogens is 1. The van der Waals surface area contributed by atoms with Crippen LogP contribution in [0.25, 0.3) is 17.4 Å². The van der Waals surface area contributed by atoms with Crippen LogP contribution in [0.2, 0.25) is 0 Å². The van der Waals surface area contributed by atoms with Crippen LogP contribution in [0.4, 0.5) is 5.69 Å². The minimum Gasteiger partial charge on any atom is -0.494 e. The number of ether oxygens (including phenoxy) is 1. The minimum atomic E-state index is -0.193. The Morgan fingerprint density at radius 3 is 2.59 bits per heavy atom. The number of thioether (sulfide) groups is 1. The van der Waals surface area contributed by atoms with E-state index in [1.807, 2.05) is 67.6 Å². The van der Waals surface area contributed by atoms with E-state index in [-0.39, 0.29) is 5.91 Å². The fourth-order valence-electron chi connectivity index (χ4n) is 2.71. The van der Waals surface area contributed by atoms with E-state index in [1.54, 1.807) is 6.08 Å². The number of nitrogens with zero attached hydrogens (tertiary/aromatic N) is 1. The molecule has 1 N–H and O–H groups in total. The lowest BCUT2D eigenvalue weighted by Gasteiger charge is -2.02. The molecule has 2 heterocycles. The Labute approximate surface area is 181 Å². The zero-order valence-corrected chi connectivity index (χ0v) is 17.9. The first-order valence-electron chi connectivity index (χ1n) is 8.99. The van der Waals surface area contributed by atoms with Gasteiger partial charge in [0.05, 0.1) is 17.2 Å². The molecule has 2 aromatic carbocycles. The van der Waals surface area contributed by atoms with Crippen molar-refractivity contribution in [1.29, 1.82) is 0 Å².